The second-order valence-electron chi connectivity index (χ2n) is 7.41. The molecule has 7 heteroatoms. The van der Waals surface area contributed by atoms with Gasteiger partial charge < -0.3 is 19.4 Å². The summed E-state index contributed by atoms with van der Waals surface area (Å²) < 4.78 is 12.8. The molecule has 0 bridgehead atoms. The molecule has 0 saturated heterocycles. The number of anilines is 1. The molecular weight excluding hydrogens is 392 g/mol. The van der Waals surface area contributed by atoms with Crippen LogP contribution in [-0.4, -0.2) is 34.9 Å². The van der Waals surface area contributed by atoms with E-state index in [0.717, 1.165) is 48.6 Å². The molecule has 1 amide bonds. The van der Waals surface area contributed by atoms with E-state index in [4.69, 9.17) is 9.47 Å². The first-order valence-corrected chi connectivity index (χ1v) is 10.4. The van der Waals surface area contributed by atoms with Crippen molar-refractivity contribution in [2.75, 3.05) is 19.5 Å². The molecule has 1 aliphatic rings. The molecule has 0 radical (unpaired) electrons. The Kier molecular flexibility index (Phi) is 6.31. The highest BCUT2D eigenvalue weighted by Crippen LogP contribution is 2.26. The molecule has 0 atom stereocenters. The third kappa shape index (κ3) is 4.77. The topological polar surface area (TPSA) is 78.3 Å². The van der Waals surface area contributed by atoms with Crippen LogP contribution >= 0.6 is 0 Å². The van der Waals surface area contributed by atoms with E-state index in [2.05, 4.69) is 20.1 Å². The van der Waals surface area contributed by atoms with Crippen molar-refractivity contribution in [2.24, 2.45) is 0 Å². The van der Waals surface area contributed by atoms with Crippen LogP contribution in [0.2, 0.25) is 0 Å². The highest BCUT2D eigenvalue weighted by Gasteiger charge is 2.16. The molecule has 7 nitrogen and oxygen atoms in total. The van der Waals surface area contributed by atoms with Crippen molar-refractivity contribution in [3.05, 3.63) is 59.9 Å². The molecule has 0 fully saturated rings. The number of rotatable bonds is 6. The van der Waals surface area contributed by atoms with E-state index < -0.39 is 0 Å². The Hall–Kier alpha value is -3.61. The second-order valence-corrected chi connectivity index (χ2v) is 7.41. The number of fused-ring (bicyclic) bond motifs is 1. The Morgan fingerprint density at radius 2 is 1.97 bits per heavy atom. The first kappa shape index (κ1) is 20.7. The fourth-order valence-electron chi connectivity index (χ4n) is 3.74. The Morgan fingerprint density at radius 3 is 2.81 bits per heavy atom. The molecule has 2 heterocycles. The number of aryl methyl sites for hydroxylation is 1. The zero-order chi connectivity index (χ0) is 21.6. The molecule has 1 aliphatic heterocycles. The van der Waals surface area contributed by atoms with E-state index in [1.165, 1.54) is 12.5 Å². The van der Waals surface area contributed by atoms with Gasteiger partial charge in [0.05, 0.1) is 14.2 Å². The monoisotopic (exact) mass is 418 g/mol. The van der Waals surface area contributed by atoms with Crippen molar-refractivity contribution < 1.29 is 14.3 Å². The van der Waals surface area contributed by atoms with Gasteiger partial charge >= 0.3 is 0 Å². The molecule has 160 valence electrons. The predicted octanol–water partition coefficient (Wildman–Crippen LogP) is 4.34. The lowest BCUT2D eigenvalue weighted by atomic mass is 10.1. The van der Waals surface area contributed by atoms with Crippen LogP contribution in [0.15, 0.2) is 48.5 Å². The summed E-state index contributed by atoms with van der Waals surface area (Å²) in [6.45, 7) is 0.931. The van der Waals surface area contributed by atoms with Gasteiger partial charge in [-0.1, -0.05) is 18.6 Å². The first-order chi connectivity index (χ1) is 15.2. The summed E-state index contributed by atoms with van der Waals surface area (Å²) in [5.41, 5.74) is 2.44. The normalized spacial score (nSPS) is 13.5. The summed E-state index contributed by atoms with van der Waals surface area (Å²) in [6.07, 6.45) is 7.66. The number of nitrogens with zero attached hydrogens (tertiary/aromatic N) is 3. The Morgan fingerprint density at radius 1 is 1.06 bits per heavy atom. The maximum atomic E-state index is 12.5. The number of carbonyl (C=O) groups excluding carboxylic acids is 1. The van der Waals surface area contributed by atoms with Gasteiger partial charge in [-0.15, -0.1) is 10.2 Å². The lowest BCUT2D eigenvalue weighted by Crippen LogP contribution is -2.08. The number of ether oxygens (including phenoxy) is 2. The highest BCUT2D eigenvalue weighted by atomic mass is 16.5. The van der Waals surface area contributed by atoms with E-state index in [1.54, 1.807) is 26.4 Å². The molecule has 0 unspecified atom stereocenters. The van der Waals surface area contributed by atoms with Gasteiger partial charge in [0.15, 0.2) is 5.82 Å². The average Bonchev–Trinajstić information content (AvgIpc) is 3.06. The standard InChI is InChI=1S/C24H26N4O3/c1-30-20-12-10-17(21(16-20)31-2)11-13-23(29)25-19-8-6-7-18(15-19)24-27-26-22-9-4-3-5-14-28(22)24/h6-8,10-13,15-16H,3-5,9,14H2,1-2H3,(H,25,29)/b13-11+. The third-order valence-electron chi connectivity index (χ3n) is 5.35. The SMILES string of the molecule is COc1ccc(/C=C/C(=O)Nc2cccc(-c3nnc4n3CCCCC4)c2)c(OC)c1. The van der Waals surface area contributed by atoms with E-state index in [-0.39, 0.29) is 5.91 Å². The molecular formula is C24H26N4O3. The second kappa shape index (κ2) is 9.47. The Labute approximate surface area is 181 Å². The fourth-order valence-corrected chi connectivity index (χ4v) is 3.74. The zero-order valence-electron chi connectivity index (χ0n) is 17.8. The van der Waals surface area contributed by atoms with Gasteiger partial charge in [0.2, 0.25) is 5.91 Å². The number of amides is 1. The van der Waals surface area contributed by atoms with Crippen LogP contribution in [-0.2, 0) is 17.8 Å². The molecule has 4 rings (SSSR count). The predicted molar refractivity (Wildman–Crippen MR) is 120 cm³/mol. The number of benzene rings is 2. The van der Waals surface area contributed by atoms with Crippen LogP contribution in [0, 0.1) is 0 Å². The molecule has 1 aromatic heterocycles. The number of methoxy groups -OCH3 is 2. The van der Waals surface area contributed by atoms with Crippen molar-refractivity contribution in [1.29, 1.82) is 0 Å². The van der Waals surface area contributed by atoms with E-state index in [1.807, 2.05) is 36.4 Å². The fraction of sp³-hybridized carbons (Fsp3) is 0.292. The van der Waals surface area contributed by atoms with E-state index in [0.29, 0.717) is 17.2 Å². The number of hydrogen-bond donors (Lipinski definition) is 1. The van der Waals surface area contributed by atoms with Gasteiger partial charge in [-0.2, -0.15) is 0 Å². The molecule has 3 aromatic rings. The maximum absolute atomic E-state index is 12.5. The lowest BCUT2D eigenvalue weighted by Gasteiger charge is -2.09. The lowest BCUT2D eigenvalue weighted by molar-refractivity contribution is -0.111. The molecule has 1 N–H and O–H groups in total. The highest BCUT2D eigenvalue weighted by molar-refractivity contribution is 6.02. The zero-order valence-corrected chi connectivity index (χ0v) is 17.8. The van der Waals surface area contributed by atoms with Gasteiger partial charge in [0.1, 0.15) is 17.3 Å². The Balaban J connectivity index is 1.49. The quantitative estimate of drug-likeness (QED) is 0.603. The van der Waals surface area contributed by atoms with Crippen LogP contribution in [0.25, 0.3) is 17.5 Å². The van der Waals surface area contributed by atoms with Gasteiger partial charge in [-0.05, 0) is 43.2 Å². The molecule has 0 spiro atoms. The number of carbonyl (C=O) groups is 1. The van der Waals surface area contributed by atoms with E-state index >= 15 is 0 Å². The van der Waals surface area contributed by atoms with Gasteiger partial charge in [0, 0.05) is 41.9 Å². The third-order valence-corrected chi connectivity index (χ3v) is 5.35. The summed E-state index contributed by atoms with van der Waals surface area (Å²) >= 11 is 0. The van der Waals surface area contributed by atoms with Crippen molar-refractivity contribution >= 4 is 17.7 Å². The Bertz CT molecular complexity index is 1100. The number of hydrogen-bond acceptors (Lipinski definition) is 5. The molecule has 0 saturated carbocycles. The first-order valence-electron chi connectivity index (χ1n) is 10.4. The summed E-state index contributed by atoms with van der Waals surface area (Å²) in [4.78, 5) is 12.5. The summed E-state index contributed by atoms with van der Waals surface area (Å²) in [5.74, 6) is 3.00. The van der Waals surface area contributed by atoms with Crippen LogP contribution < -0.4 is 14.8 Å². The molecule has 2 aromatic carbocycles. The van der Waals surface area contributed by atoms with Crippen LogP contribution in [0.1, 0.15) is 30.7 Å². The van der Waals surface area contributed by atoms with Crippen molar-refractivity contribution in [3.63, 3.8) is 0 Å². The minimum atomic E-state index is -0.227. The number of aromatic nitrogens is 3. The van der Waals surface area contributed by atoms with Crippen LogP contribution in [0.3, 0.4) is 0 Å². The van der Waals surface area contributed by atoms with E-state index in [9.17, 15) is 4.79 Å². The van der Waals surface area contributed by atoms with Crippen LogP contribution in [0.5, 0.6) is 11.5 Å². The van der Waals surface area contributed by atoms with Crippen molar-refractivity contribution in [2.45, 2.75) is 32.2 Å². The smallest absolute Gasteiger partial charge is 0.248 e. The summed E-state index contributed by atoms with van der Waals surface area (Å²) in [7, 11) is 3.19. The van der Waals surface area contributed by atoms with Gasteiger partial charge in [-0.25, -0.2) is 0 Å². The van der Waals surface area contributed by atoms with Crippen LogP contribution in [0.4, 0.5) is 5.69 Å². The summed E-state index contributed by atoms with van der Waals surface area (Å²) in [5, 5.41) is 11.7. The summed E-state index contributed by atoms with van der Waals surface area (Å²) in [6, 6.07) is 13.2. The van der Waals surface area contributed by atoms with Gasteiger partial charge in [-0.3, -0.25) is 4.79 Å². The molecule has 0 aliphatic carbocycles. The molecule has 31 heavy (non-hydrogen) atoms. The van der Waals surface area contributed by atoms with Crippen molar-refractivity contribution in [3.8, 4) is 22.9 Å². The average molecular weight is 418 g/mol. The minimum Gasteiger partial charge on any atom is -0.497 e. The minimum absolute atomic E-state index is 0.227. The number of nitrogens with one attached hydrogen (secondary N) is 1. The van der Waals surface area contributed by atoms with Gasteiger partial charge in [0.25, 0.3) is 0 Å². The largest absolute Gasteiger partial charge is 0.497 e. The maximum Gasteiger partial charge on any atom is 0.248 e. The van der Waals surface area contributed by atoms with Crippen molar-refractivity contribution in [1.82, 2.24) is 14.8 Å².